The largest absolute Gasteiger partial charge is 0.322 e. The highest BCUT2D eigenvalue weighted by atomic mass is 16.2. The summed E-state index contributed by atoms with van der Waals surface area (Å²) in [5.41, 5.74) is 1.93. The van der Waals surface area contributed by atoms with Gasteiger partial charge in [0, 0.05) is 16.8 Å². The standard InChI is InChI=1S/C24H20N2O4/c1-13(27)15-3-2-4-18(12-15)25-22(28)14-7-9-19(10-8-14)26-23(29)20-16-5-6-17(11-16)21(20)24(26)30/h2-10,12,16-17,20-21H,11H2,1H3,(H,25,28)/t16-,17+,20-,21-/m0/s1. The number of Topliss-reactive ketones (excluding diaryl/α,β-unsaturated/α-hetero) is 1. The van der Waals surface area contributed by atoms with E-state index in [-0.39, 0.29) is 47.2 Å². The maximum atomic E-state index is 12.9. The van der Waals surface area contributed by atoms with Crippen molar-refractivity contribution in [1.29, 1.82) is 0 Å². The number of anilines is 2. The van der Waals surface area contributed by atoms with Gasteiger partial charge in [0.15, 0.2) is 5.78 Å². The van der Waals surface area contributed by atoms with Gasteiger partial charge in [0.2, 0.25) is 11.8 Å². The van der Waals surface area contributed by atoms with Crippen LogP contribution >= 0.6 is 0 Å². The fraction of sp³-hybridized carbons (Fsp3) is 0.250. The van der Waals surface area contributed by atoms with Gasteiger partial charge < -0.3 is 5.32 Å². The lowest BCUT2D eigenvalue weighted by Gasteiger charge is -2.17. The van der Waals surface area contributed by atoms with Crippen molar-refractivity contribution >= 4 is 34.9 Å². The molecule has 4 atom stereocenters. The van der Waals surface area contributed by atoms with Crippen molar-refractivity contribution < 1.29 is 19.2 Å². The van der Waals surface area contributed by atoms with Gasteiger partial charge in [-0.05, 0) is 61.6 Å². The molecule has 5 rings (SSSR count). The van der Waals surface area contributed by atoms with Crippen LogP contribution in [0.2, 0.25) is 0 Å². The summed E-state index contributed by atoms with van der Waals surface area (Å²) in [6.07, 6.45) is 5.02. The van der Waals surface area contributed by atoms with Crippen molar-refractivity contribution in [2.45, 2.75) is 13.3 Å². The highest BCUT2D eigenvalue weighted by Gasteiger charge is 2.59. The Kier molecular flexibility index (Phi) is 4.17. The molecule has 2 fully saturated rings. The van der Waals surface area contributed by atoms with Crippen molar-refractivity contribution in [1.82, 2.24) is 0 Å². The zero-order chi connectivity index (χ0) is 21.0. The summed E-state index contributed by atoms with van der Waals surface area (Å²) in [5, 5.41) is 2.77. The first-order chi connectivity index (χ1) is 14.4. The number of carbonyl (C=O) groups is 4. The van der Waals surface area contributed by atoms with Gasteiger partial charge in [-0.25, -0.2) is 0 Å². The van der Waals surface area contributed by atoms with Gasteiger partial charge in [-0.1, -0.05) is 24.3 Å². The molecule has 150 valence electrons. The molecule has 1 N–H and O–H groups in total. The van der Waals surface area contributed by atoms with Gasteiger partial charge in [-0.15, -0.1) is 0 Å². The Balaban J connectivity index is 1.33. The van der Waals surface area contributed by atoms with Gasteiger partial charge in [0.25, 0.3) is 5.91 Å². The zero-order valence-corrected chi connectivity index (χ0v) is 16.4. The number of nitrogens with zero attached hydrogens (tertiary/aromatic N) is 1. The Morgan fingerprint density at radius 1 is 0.900 bits per heavy atom. The van der Waals surface area contributed by atoms with Gasteiger partial charge in [-0.2, -0.15) is 0 Å². The molecule has 30 heavy (non-hydrogen) atoms. The topological polar surface area (TPSA) is 83.6 Å². The molecule has 1 saturated heterocycles. The maximum absolute atomic E-state index is 12.9. The van der Waals surface area contributed by atoms with E-state index in [0.29, 0.717) is 22.5 Å². The van der Waals surface area contributed by atoms with Crippen LogP contribution in [-0.2, 0) is 9.59 Å². The third kappa shape index (κ3) is 2.79. The van der Waals surface area contributed by atoms with Gasteiger partial charge in [0.1, 0.15) is 0 Å². The molecule has 1 aliphatic heterocycles. The number of hydrogen-bond donors (Lipinski definition) is 1. The predicted octanol–water partition coefficient (Wildman–Crippen LogP) is 3.45. The van der Waals surface area contributed by atoms with Crippen molar-refractivity contribution in [2.24, 2.45) is 23.7 Å². The minimum Gasteiger partial charge on any atom is -0.322 e. The van der Waals surface area contributed by atoms with E-state index >= 15 is 0 Å². The molecule has 3 aliphatic rings. The molecule has 0 radical (unpaired) electrons. The van der Waals surface area contributed by atoms with Crippen LogP contribution in [0.3, 0.4) is 0 Å². The lowest BCUT2D eigenvalue weighted by Crippen LogP contribution is -2.32. The molecule has 6 nitrogen and oxygen atoms in total. The third-order valence-corrected chi connectivity index (χ3v) is 6.39. The second kappa shape index (κ2) is 6.76. The summed E-state index contributed by atoms with van der Waals surface area (Å²) in [4.78, 5) is 51.1. The van der Waals surface area contributed by atoms with E-state index < -0.39 is 0 Å². The number of fused-ring (bicyclic) bond motifs is 5. The summed E-state index contributed by atoms with van der Waals surface area (Å²) in [7, 11) is 0. The van der Waals surface area contributed by atoms with Crippen LogP contribution in [0.1, 0.15) is 34.1 Å². The number of carbonyl (C=O) groups excluding carboxylic acids is 4. The molecule has 0 aromatic heterocycles. The van der Waals surface area contributed by atoms with Gasteiger partial charge in [0.05, 0.1) is 17.5 Å². The van der Waals surface area contributed by atoms with Crippen molar-refractivity contribution in [3.8, 4) is 0 Å². The summed E-state index contributed by atoms with van der Waals surface area (Å²) >= 11 is 0. The SMILES string of the molecule is CC(=O)c1cccc(NC(=O)c2ccc(N3C(=O)[C@@H]4[C@@H](C3=O)[C@H]3C=C[C@@H]4C3)cc2)c1. The molecule has 2 aliphatic carbocycles. The number of allylic oxidation sites excluding steroid dienone is 2. The van der Waals surface area contributed by atoms with Crippen LogP contribution in [0.4, 0.5) is 11.4 Å². The average Bonchev–Trinajstić information content (AvgIpc) is 3.42. The minimum absolute atomic E-state index is 0.0798. The molecule has 0 spiro atoms. The van der Waals surface area contributed by atoms with E-state index in [9.17, 15) is 19.2 Å². The fourth-order valence-electron chi connectivity index (χ4n) is 4.94. The van der Waals surface area contributed by atoms with Crippen LogP contribution < -0.4 is 10.2 Å². The van der Waals surface area contributed by atoms with Crippen LogP contribution in [0.5, 0.6) is 0 Å². The first kappa shape index (κ1) is 18.5. The normalized spacial score (nSPS) is 26.2. The molecule has 3 amide bonds. The maximum Gasteiger partial charge on any atom is 0.255 e. The molecule has 0 unspecified atom stereocenters. The smallest absolute Gasteiger partial charge is 0.255 e. The minimum atomic E-state index is -0.333. The van der Waals surface area contributed by atoms with Crippen molar-refractivity contribution in [3.05, 3.63) is 71.8 Å². The molecular formula is C24H20N2O4. The second-order valence-electron chi connectivity index (χ2n) is 8.15. The number of ketones is 1. The van der Waals surface area contributed by atoms with Crippen LogP contribution in [0.15, 0.2) is 60.7 Å². The lowest BCUT2D eigenvalue weighted by molar-refractivity contribution is -0.123. The predicted molar refractivity (Wildman–Crippen MR) is 111 cm³/mol. The number of rotatable bonds is 4. The third-order valence-electron chi connectivity index (χ3n) is 6.39. The van der Waals surface area contributed by atoms with Crippen LogP contribution in [0, 0.1) is 23.7 Å². The number of hydrogen-bond acceptors (Lipinski definition) is 4. The van der Waals surface area contributed by atoms with E-state index in [2.05, 4.69) is 17.5 Å². The molecule has 1 heterocycles. The number of amides is 3. The average molecular weight is 400 g/mol. The molecular weight excluding hydrogens is 380 g/mol. The number of benzene rings is 2. The zero-order valence-electron chi connectivity index (χ0n) is 16.4. The first-order valence-corrected chi connectivity index (χ1v) is 10.0. The lowest BCUT2D eigenvalue weighted by atomic mass is 9.85. The van der Waals surface area contributed by atoms with Crippen molar-refractivity contribution in [2.75, 3.05) is 10.2 Å². The Hall–Kier alpha value is -3.54. The molecule has 1 saturated carbocycles. The fourth-order valence-corrected chi connectivity index (χ4v) is 4.94. The monoisotopic (exact) mass is 400 g/mol. The van der Waals surface area contributed by atoms with E-state index in [1.165, 1.54) is 11.8 Å². The Morgan fingerprint density at radius 2 is 1.53 bits per heavy atom. The Bertz CT molecular complexity index is 1090. The molecule has 2 bridgehead atoms. The van der Waals surface area contributed by atoms with Crippen LogP contribution in [0.25, 0.3) is 0 Å². The highest BCUT2D eigenvalue weighted by Crippen LogP contribution is 2.53. The quantitative estimate of drug-likeness (QED) is 0.484. The highest BCUT2D eigenvalue weighted by molar-refractivity contribution is 6.23. The summed E-state index contributed by atoms with van der Waals surface area (Å²) in [6.45, 7) is 1.47. The van der Waals surface area contributed by atoms with E-state index in [1.807, 2.05) is 0 Å². The van der Waals surface area contributed by atoms with Gasteiger partial charge in [-0.3, -0.25) is 24.1 Å². The Labute approximate surface area is 173 Å². The molecule has 6 heteroatoms. The summed E-state index contributed by atoms with van der Waals surface area (Å²) < 4.78 is 0. The first-order valence-electron chi connectivity index (χ1n) is 10.0. The number of nitrogens with one attached hydrogen (secondary N) is 1. The number of imide groups is 1. The van der Waals surface area contributed by atoms with Gasteiger partial charge >= 0.3 is 0 Å². The second-order valence-corrected chi connectivity index (χ2v) is 8.15. The molecule has 2 aromatic carbocycles. The van der Waals surface area contributed by atoms with Crippen molar-refractivity contribution in [3.63, 3.8) is 0 Å². The van der Waals surface area contributed by atoms with E-state index in [1.54, 1.807) is 48.5 Å². The molecule has 2 aromatic rings. The van der Waals surface area contributed by atoms with E-state index in [4.69, 9.17) is 0 Å². The Morgan fingerprint density at radius 3 is 2.13 bits per heavy atom. The van der Waals surface area contributed by atoms with Crippen LogP contribution in [-0.4, -0.2) is 23.5 Å². The summed E-state index contributed by atoms with van der Waals surface area (Å²) in [5.74, 6) is -0.855. The summed E-state index contributed by atoms with van der Waals surface area (Å²) in [6, 6.07) is 13.2. The van der Waals surface area contributed by atoms with E-state index in [0.717, 1.165) is 6.42 Å².